The third kappa shape index (κ3) is 3.73. The molecule has 0 aromatic heterocycles. The van der Waals surface area contributed by atoms with Crippen molar-refractivity contribution in [2.45, 2.75) is 44.8 Å². The zero-order valence-corrected chi connectivity index (χ0v) is 10.5. The molecule has 3 N–H and O–H groups in total. The number of rotatable bonds is 7. The Hall–Kier alpha value is -0.650. The van der Waals surface area contributed by atoms with Gasteiger partial charge in [-0.05, 0) is 19.8 Å². The third-order valence-electron chi connectivity index (χ3n) is 3.09. The van der Waals surface area contributed by atoms with Crippen LogP contribution in [0.3, 0.4) is 0 Å². The lowest BCUT2D eigenvalue weighted by atomic mass is 9.92. The first-order valence-corrected chi connectivity index (χ1v) is 5.54. The topological polar surface area (TPSA) is 78.8 Å². The first-order chi connectivity index (χ1) is 7.37. The summed E-state index contributed by atoms with van der Waals surface area (Å²) >= 11 is 0. The van der Waals surface area contributed by atoms with E-state index in [-0.39, 0.29) is 13.2 Å². The lowest BCUT2D eigenvalue weighted by molar-refractivity contribution is -0.160. The summed E-state index contributed by atoms with van der Waals surface area (Å²) in [5.41, 5.74) is -2.02. The number of β-amino-alcohol motifs (C(OH)–C–C–N with tert-alkyl or cyclic N) is 1. The van der Waals surface area contributed by atoms with Crippen LogP contribution in [0.25, 0.3) is 0 Å². The summed E-state index contributed by atoms with van der Waals surface area (Å²) in [6.45, 7) is 5.30. The predicted octanol–water partition coefficient (Wildman–Crippen LogP) is 0.0511. The molecule has 0 fully saturated rings. The number of nitrogens with one attached hydrogen (secondary N) is 1. The lowest BCUT2D eigenvalue weighted by Crippen LogP contribution is -2.55. The second-order valence-corrected chi connectivity index (χ2v) is 4.26. The van der Waals surface area contributed by atoms with Crippen molar-refractivity contribution in [1.82, 2.24) is 5.32 Å². The van der Waals surface area contributed by atoms with Crippen molar-refractivity contribution in [3.8, 4) is 0 Å². The van der Waals surface area contributed by atoms with E-state index in [1.54, 1.807) is 0 Å². The van der Waals surface area contributed by atoms with Gasteiger partial charge >= 0.3 is 5.97 Å². The van der Waals surface area contributed by atoms with Gasteiger partial charge in [0.05, 0.1) is 13.7 Å². The van der Waals surface area contributed by atoms with Crippen LogP contribution >= 0.6 is 0 Å². The van der Waals surface area contributed by atoms with Crippen LogP contribution in [0.2, 0.25) is 0 Å². The Morgan fingerprint density at radius 1 is 1.38 bits per heavy atom. The van der Waals surface area contributed by atoms with E-state index in [0.717, 1.165) is 12.8 Å². The van der Waals surface area contributed by atoms with E-state index < -0.39 is 17.1 Å². The Labute approximate surface area is 96.8 Å². The molecule has 96 valence electrons. The maximum Gasteiger partial charge on any atom is 0.338 e. The molecular weight excluding hydrogens is 210 g/mol. The van der Waals surface area contributed by atoms with Crippen LogP contribution in [0.1, 0.15) is 33.6 Å². The number of hydrogen-bond acceptors (Lipinski definition) is 5. The highest BCUT2D eigenvalue weighted by molar-refractivity contribution is 5.78. The van der Waals surface area contributed by atoms with Gasteiger partial charge in [-0.25, -0.2) is 4.79 Å². The molecule has 0 aliphatic rings. The molecule has 0 bridgehead atoms. The maximum atomic E-state index is 11.2. The molecular formula is C11H23NO4. The second kappa shape index (κ2) is 6.18. The third-order valence-corrected chi connectivity index (χ3v) is 3.09. The van der Waals surface area contributed by atoms with Crippen LogP contribution < -0.4 is 5.32 Å². The molecule has 0 heterocycles. The molecule has 0 spiro atoms. The Kier molecular flexibility index (Phi) is 5.92. The fourth-order valence-electron chi connectivity index (χ4n) is 1.43. The quantitative estimate of drug-likeness (QED) is 0.542. The van der Waals surface area contributed by atoms with Gasteiger partial charge in [0.1, 0.15) is 0 Å². The number of methoxy groups -OCH3 is 1. The Balaban J connectivity index is 4.46. The highest BCUT2D eigenvalue weighted by atomic mass is 16.5. The first kappa shape index (κ1) is 15.3. The van der Waals surface area contributed by atoms with Crippen LogP contribution in [0, 0.1) is 0 Å². The lowest BCUT2D eigenvalue weighted by Gasteiger charge is -2.33. The maximum absolute atomic E-state index is 11.2. The van der Waals surface area contributed by atoms with Crippen molar-refractivity contribution in [3.63, 3.8) is 0 Å². The number of carbonyl (C=O) groups is 1. The van der Waals surface area contributed by atoms with Crippen LogP contribution in [-0.2, 0) is 9.53 Å². The molecule has 0 saturated carbocycles. The van der Waals surface area contributed by atoms with Crippen LogP contribution in [0.4, 0.5) is 0 Å². The normalized spacial score (nSPS) is 15.6. The SMILES string of the molecule is CCC(CC)(CO)NCC(C)(O)C(=O)OC. The van der Waals surface area contributed by atoms with Crippen molar-refractivity contribution < 1.29 is 19.7 Å². The number of aliphatic hydroxyl groups is 2. The van der Waals surface area contributed by atoms with Crippen LogP contribution in [0.5, 0.6) is 0 Å². The van der Waals surface area contributed by atoms with Gasteiger partial charge in [-0.3, -0.25) is 0 Å². The zero-order valence-electron chi connectivity index (χ0n) is 10.5. The van der Waals surface area contributed by atoms with E-state index in [4.69, 9.17) is 0 Å². The first-order valence-electron chi connectivity index (χ1n) is 5.54. The summed E-state index contributed by atoms with van der Waals surface area (Å²) in [5.74, 6) is -0.681. The summed E-state index contributed by atoms with van der Waals surface area (Å²) in [6.07, 6.45) is 1.44. The summed E-state index contributed by atoms with van der Waals surface area (Å²) in [7, 11) is 1.23. The Morgan fingerprint density at radius 2 is 1.88 bits per heavy atom. The summed E-state index contributed by atoms with van der Waals surface area (Å²) in [5, 5.41) is 22.2. The van der Waals surface area contributed by atoms with Gasteiger partial charge in [0.25, 0.3) is 0 Å². The van der Waals surface area contributed by atoms with E-state index >= 15 is 0 Å². The van der Waals surface area contributed by atoms with Crippen LogP contribution in [-0.4, -0.2) is 47.6 Å². The number of ether oxygens (including phenoxy) is 1. The highest BCUT2D eigenvalue weighted by Gasteiger charge is 2.35. The van der Waals surface area contributed by atoms with Gasteiger partial charge in [-0.15, -0.1) is 0 Å². The molecule has 1 atom stereocenters. The molecule has 0 amide bonds. The van der Waals surface area contributed by atoms with Crippen molar-refractivity contribution in [3.05, 3.63) is 0 Å². The van der Waals surface area contributed by atoms with E-state index in [1.807, 2.05) is 13.8 Å². The van der Waals surface area contributed by atoms with E-state index in [9.17, 15) is 15.0 Å². The van der Waals surface area contributed by atoms with E-state index in [0.29, 0.717) is 0 Å². The van der Waals surface area contributed by atoms with Gasteiger partial charge in [0, 0.05) is 12.1 Å². The largest absolute Gasteiger partial charge is 0.467 e. The minimum atomic E-state index is -1.57. The van der Waals surface area contributed by atoms with Crippen molar-refractivity contribution in [1.29, 1.82) is 0 Å². The van der Waals surface area contributed by atoms with E-state index in [1.165, 1.54) is 14.0 Å². The fourth-order valence-corrected chi connectivity index (χ4v) is 1.43. The average molecular weight is 233 g/mol. The molecule has 0 aliphatic heterocycles. The van der Waals surface area contributed by atoms with Crippen LogP contribution in [0.15, 0.2) is 0 Å². The molecule has 0 aromatic rings. The number of hydrogen-bond donors (Lipinski definition) is 3. The second-order valence-electron chi connectivity index (χ2n) is 4.26. The average Bonchev–Trinajstić information content (AvgIpc) is 2.30. The molecule has 0 aromatic carbocycles. The summed E-state index contributed by atoms with van der Waals surface area (Å²) in [4.78, 5) is 11.2. The molecule has 0 saturated heterocycles. The summed E-state index contributed by atoms with van der Waals surface area (Å²) < 4.78 is 4.49. The van der Waals surface area contributed by atoms with Crippen molar-refractivity contribution in [2.24, 2.45) is 0 Å². The highest BCUT2D eigenvalue weighted by Crippen LogP contribution is 2.15. The Morgan fingerprint density at radius 3 is 2.19 bits per heavy atom. The molecule has 0 rings (SSSR count). The van der Waals surface area contributed by atoms with Gasteiger partial charge in [0.2, 0.25) is 0 Å². The number of esters is 1. The van der Waals surface area contributed by atoms with Crippen molar-refractivity contribution >= 4 is 5.97 Å². The molecule has 0 radical (unpaired) electrons. The molecule has 1 unspecified atom stereocenters. The Bertz CT molecular complexity index is 216. The number of aliphatic hydroxyl groups excluding tert-OH is 1. The van der Waals surface area contributed by atoms with Gasteiger partial charge in [0.15, 0.2) is 5.60 Å². The van der Waals surface area contributed by atoms with E-state index in [2.05, 4.69) is 10.1 Å². The molecule has 0 aliphatic carbocycles. The minimum absolute atomic E-state index is 0.0305. The van der Waals surface area contributed by atoms with Gasteiger partial charge in [-0.2, -0.15) is 0 Å². The monoisotopic (exact) mass is 233 g/mol. The van der Waals surface area contributed by atoms with Gasteiger partial charge < -0.3 is 20.3 Å². The minimum Gasteiger partial charge on any atom is -0.467 e. The number of carbonyl (C=O) groups excluding carboxylic acids is 1. The standard InChI is InChI=1S/C11H23NO4/c1-5-11(6-2,8-13)12-7-10(3,15)9(14)16-4/h12-13,15H,5-8H2,1-4H3. The molecule has 5 nitrogen and oxygen atoms in total. The zero-order chi connectivity index (χ0) is 12.8. The molecule has 16 heavy (non-hydrogen) atoms. The predicted molar refractivity (Wildman–Crippen MR) is 61.0 cm³/mol. The fraction of sp³-hybridized carbons (Fsp3) is 0.909. The smallest absolute Gasteiger partial charge is 0.338 e. The summed E-state index contributed by atoms with van der Waals surface area (Å²) in [6, 6.07) is 0. The van der Waals surface area contributed by atoms with Gasteiger partial charge in [-0.1, -0.05) is 13.8 Å². The molecule has 5 heteroatoms. The van der Waals surface area contributed by atoms with Crippen molar-refractivity contribution in [2.75, 3.05) is 20.3 Å².